The number of hydrogen-bond donors (Lipinski definition) is 2. The van der Waals surface area contributed by atoms with Crippen molar-refractivity contribution < 1.29 is 13.2 Å². The normalized spacial score (nSPS) is 17.4. The fraction of sp³-hybridized carbons (Fsp3) is 0.375. The molecule has 1 aliphatic rings. The first-order chi connectivity index (χ1) is 16.2. The van der Waals surface area contributed by atoms with Crippen LogP contribution in [0.2, 0.25) is 0 Å². The summed E-state index contributed by atoms with van der Waals surface area (Å²) in [6, 6.07) is 14.6. The average molecular weight is 500 g/mol. The maximum absolute atomic E-state index is 12.8. The highest BCUT2D eigenvalue weighted by molar-refractivity contribution is 7.91. The summed E-state index contributed by atoms with van der Waals surface area (Å²) in [4.78, 5) is 14.7. The molecule has 1 aliphatic heterocycles. The Kier molecular flexibility index (Phi) is 7.30. The molecular weight excluding hydrogens is 470 g/mol. The highest BCUT2D eigenvalue weighted by Crippen LogP contribution is 2.26. The molecule has 1 saturated heterocycles. The van der Waals surface area contributed by atoms with Gasteiger partial charge in [-0.15, -0.1) is 10.2 Å². The SMILES string of the molecule is Cc1ccc(C(=O)Nc2nnc(S(=O)(=O)NC(C)c3ccc(N4CCCC(C)C4)cc3)s2)cc1. The molecule has 1 aromatic heterocycles. The zero-order valence-electron chi connectivity index (χ0n) is 19.5. The minimum Gasteiger partial charge on any atom is -0.371 e. The van der Waals surface area contributed by atoms with E-state index < -0.39 is 16.1 Å². The Bertz CT molecular complexity index is 1240. The molecule has 0 radical (unpaired) electrons. The summed E-state index contributed by atoms with van der Waals surface area (Å²) in [5, 5.41) is 10.3. The van der Waals surface area contributed by atoms with Crippen LogP contribution in [0.4, 0.5) is 10.8 Å². The summed E-state index contributed by atoms with van der Waals surface area (Å²) in [7, 11) is -3.90. The van der Waals surface area contributed by atoms with Crippen LogP contribution in [-0.4, -0.2) is 37.6 Å². The van der Waals surface area contributed by atoms with Crippen LogP contribution in [-0.2, 0) is 10.0 Å². The van der Waals surface area contributed by atoms with Gasteiger partial charge in [0.25, 0.3) is 15.9 Å². The predicted molar refractivity (Wildman–Crippen MR) is 135 cm³/mol. The minimum atomic E-state index is -3.90. The number of aryl methyl sites for hydroxylation is 1. The van der Waals surface area contributed by atoms with Gasteiger partial charge in [-0.05, 0) is 62.4 Å². The molecule has 0 aliphatic carbocycles. The third-order valence-corrected chi connectivity index (χ3v) is 8.66. The number of carbonyl (C=O) groups is 1. The van der Waals surface area contributed by atoms with E-state index in [9.17, 15) is 13.2 Å². The number of aromatic nitrogens is 2. The number of anilines is 2. The molecule has 34 heavy (non-hydrogen) atoms. The third-order valence-electron chi connectivity index (χ3n) is 5.92. The van der Waals surface area contributed by atoms with Crippen molar-refractivity contribution in [1.29, 1.82) is 0 Å². The van der Waals surface area contributed by atoms with Gasteiger partial charge in [-0.3, -0.25) is 10.1 Å². The second kappa shape index (κ2) is 10.2. The van der Waals surface area contributed by atoms with Crippen LogP contribution in [0.1, 0.15) is 54.2 Å². The first-order valence-electron chi connectivity index (χ1n) is 11.3. The maximum atomic E-state index is 12.8. The van der Waals surface area contributed by atoms with E-state index in [1.54, 1.807) is 19.1 Å². The molecule has 0 spiro atoms. The van der Waals surface area contributed by atoms with E-state index in [4.69, 9.17) is 0 Å². The smallest absolute Gasteiger partial charge is 0.270 e. The molecule has 2 heterocycles. The van der Waals surface area contributed by atoms with E-state index in [1.807, 2.05) is 43.3 Å². The van der Waals surface area contributed by atoms with Crippen molar-refractivity contribution in [3.05, 3.63) is 65.2 Å². The number of benzene rings is 2. The quantitative estimate of drug-likeness (QED) is 0.468. The van der Waals surface area contributed by atoms with Gasteiger partial charge in [0.1, 0.15) is 0 Å². The Labute approximate surface area is 204 Å². The standard InChI is InChI=1S/C24H29N5O3S2/c1-16-6-8-20(9-7-16)22(30)25-23-26-27-24(33-23)34(31,32)28-18(3)19-10-12-21(13-11-19)29-14-4-5-17(2)15-29/h6-13,17-18,28H,4-5,14-15H2,1-3H3,(H,25,26,30). The third kappa shape index (κ3) is 5.81. The van der Waals surface area contributed by atoms with Gasteiger partial charge in [0.2, 0.25) is 9.47 Å². The van der Waals surface area contributed by atoms with Crippen molar-refractivity contribution in [3.63, 3.8) is 0 Å². The Hall–Kier alpha value is -2.82. The largest absolute Gasteiger partial charge is 0.371 e. The van der Waals surface area contributed by atoms with E-state index in [2.05, 4.69) is 32.1 Å². The van der Waals surface area contributed by atoms with Crippen molar-refractivity contribution in [3.8, 4) is 0 Å². The number of amides is 1. The molecule has 2 unspecified atom stereocenters. The summed E-state index contributed by atoms with van der Waals surface area (Å²) in [6.45, 7) is 8.08. The summed E-state index contributed by atoms with van der Waals surface area (Å²) >= 11 is 0.813. The van der Waals surface area contributed by atoms with E-state index in [0.29, 0.717) is 11.5 Å². The monoisotopic (exact) mass is 499 g/mol. The highest BCUT2D eigenvalue weighted by Gasteiger charge is 2.24. The van der Waals surface area contributed by atoms with Gasteiger partial charge in [0.15, 0.2) is 0 Å². The highest BCUT2D eigenvalue weighted by atomic mass is 32.2. The van der Waals surface area contributed by atoms with Gasteiger partial charge in [0, 0.05) is 30.4 Å². The molecule has 2 atom stereocenters. The van der Waals surface area contributed by atoms with Crippen LogP contribution in [0.5, 0.6) is 0 Å². The van der Waals surface area contributed by atoms with E-state index >= 15 is 0 Å². The lowest BCUT2D eigenvalue weighted by Crippen LogP contribution is -2.34. The molecule has 8 nitrogen and oxygen atoms in total. The number of carbonyl (C=O) groups excluding carboxylic acids is 1. The van der Waals surface area contributed by atoms with Crippen molar-refractivity contribution in [2.75, 3.05) is 23.3 Å². The van der Waals surface area contributed by atoms with Gasteiger partial charge in [-0.1, -0.05) is 48.1 Å². The number of nitrogens with zero attached hydrogens (tertiary/aromatic N) is 3. The maximum Gasteiger partial charge on any atom is 0.270 e. The Morgan fingerprint density at radius 1 is 1.12 bits per heavy atom. The summed E-state index contributed by atoms with van der Waals surface area (Å²) in [5.41, 5.74) is 3.51. The number of piperidine rings is 1. The molecule has 1 fully saturated rings. The molecule has 2 aromatic carbocycles. The molecule has 180 valence electrons. The molecule has 10 heteroatoms. The van der Waals surface area contributed by atoms with Crippen LogP contribution >= 0.6 is 11.3 Å². The van der Waals surface area contributed by atoms with Crippen molar-refractivity contribution >= 4 is 38.1 Å². The average Bonchev–Trinajstić information content (AvgIpc) is 3.29. The first kappa shape index (κ1) is 24.3. The molecule has 1 amide bonds. The Morgan fingerprint density at radius 2 is 1.82 bits per heavy atom. The molecule has 0 saturated carbocycles. The molecular formula is C24H29N5O3S2. The molecule has 3 aromatic rings. The number of hydrogen-bond acceptors (Lipinski definition) is 7. The van der Waals surface area contributed by atoms with E-state index in [-0.39, 0.29) is 15.4 Å². The number of rotatable bonds is 7. The molecule has 4 rings (SSSR count). The number of sulfonamides is 1. The van der Waals surface area contributed by atoms with Crippen LogP contribution in [0.15, 0.2) is 52.9 Å². The lowest BCUT2D eigenvalue weighted by atomic mass is 9.99. The minimum absolute atomic E-state index is 0.124. The summed E-state index contributed by atoms with van der Waals surface area (Å²) < 4.78 is 28.2. The van der Waals surface area contributed by atoms with E-state index in [0.717, 1.165) is 41.2 Å². The summed E-state index contributed by atoms with van der Waals surface area (Å²) in [6.07, 6.45) is 2.45. The summed E-state index contributed by atoms with van der Waals surface area (Å²) in [5.74, 6) is 0.308. The number of nitrogens with one attached hydrogen (secondary N) is 2. The molecule has 2 N–H and O–H groups in total. The molecule has 0 bridgehead atoms. The van der Waals surface area contributed by atoms with Crippen LogP contribution < -0.4 is 14.9 Å². The lowest BCUT2D eigenvalue weighted by Gasteiger charge is -2.33. The fourth-order valence-corrected chi connectivity index (χ4v) is 6.14. The van der Waals surface area contributed by atoms with Crippen molar-refractivity contribution in [2.24, 2.45) is 5.92 Å². The first-order valence-corrected chi connectivity index (χ1v) is 13.6. The van der Waals surface area contributed by atoms with Gasteiger partial charge >= 0.3 is 0 Å². The van der Waals surface area contributed by atoms with E-state index in [1.165, 1.54) is 12.8 Å². The zero-order valence-corrected chi connectivity index (χ0v) is 21.1. The van der Waals surface area contributed by atoms with Crippen molar-refractivity contribution in [1.82, 2.24) is 14.9 Å². The predicted octanol–water partition coefficient (Wildman–Crippen LogP) is 4.37. The Morgan fingerprint density at radius 3 is 2.50 bits per heavy atom. The van der Waals surface area contributed by atoms with Crippen LogP contribution in [0.25, 0.3) is 0 Å². The van der Waals surface area contributed by atoms with Crippen LogP contribution in [0.3, 0.4) is 0 Å². The van der Waals surface area contributed by atoms with Crippen LogP contribution in [0, 0.1) is 12.8 Å². The van der Waals surface area contributed by atoms with Gasteiger partial charge < -0.3 is 4.90 Å². The second-order valence-electron chi connectivity index (χ2n) is 8.82. The zero-order chi connectivity index (χ0) is 24.3. The topological polar surface area (TPSA) is 104 Å². The van der Waals surface area contributed by atoms with Crippen molar-refractivity contribution in [2.45, 2.75) is 44.0 Å². The fourth-order valence-electron chi connectivity index (χ4n) is 3.99. The van der Waals surface area contributed by atoms with Gasteiger partial charge in [0.05, 0.1) is 0 Å². The second-order valence-corrected chi connectivity index (χ2v) is 11.7. The van der Waals surface area contributed by atoms with Gasteiger partial charge in [-0.25, -0.2) is 13.1 Å². The Balaban J connectivity index is 1.39. The van der Waals surface area contributed by atoms with Gasteiger partial charge in [-0.2, -0.15) is 0 Å². The lowest BCUT2D eigenvalue weighted by molar-refractivity contribution is 0.102.